The molecule has 3 nitrogen and oxygen atoms in total. The quantitative estimate of drug-likeness (QED) is 0.684. The van der Waals surface area contributed by atoms with Crippen molar-refractivity contribution in [3.63, 3.8) is 0 Å². The fourth-order valence-electron chi connectivity index (χ4n) is 3.45. The van der Waals surface area contributed by atoms with Crippen molar-refractivity contribution < 1.29 is 22.6 Å². The van der Waals surface area contributed by atoms with Crippen molar-refractivity contribution >= 4 is 29.4 Å². The highest BCUT2D eigenvalue weighted by Gasteiger charge is 2.35. The van der Waals surface area contributed by atoms with Crippen LogP contribution in [0.15, 0.2) is 66.7 Å². The molecule has 4 rings (SSSR count). The minimum absolute atomic E-state index is 0.273. The van der Waals surface area contributed by atoms with Crippen molar-refractivity contribution in [2.45, 2.75) is 19.7 Å². The van der Waals surface area contributed by atoms with Crippen LogP contribution >= 0.6 is 0 Å². The minimum Gasteiger partial charge on any atom is -0.423 e. The van der Waals surface area contributed by atoms with Gasteiger partial charge in [0.1, 0.15) is 0 Å². The van der Waals surface area contributed by atoms with Crippen LogP contribution < -0.4 is 16.2 Å². The summed E-state index contributed by atoms with van der Waals surface area (Å²) in [6.07, 6.45) is -4.60. The second kappa shape index (κ2) is 7.41. The normalized spacial score (nSPS) is 13.3. The molecule has 146 valence electrons. The molecule has 0 atom stereocenters. The number of hydrogen-bond donors (Lipinski definition) is 1. The molecular formula is C22H17BF3NO2. The lowest BCUT2D eigenvalue weighted by atomic mass is 9.56. The maximum absolute atomic E-state index is 13.2. The summed E-state index contributed by atoms with van der Waals surface area (Å²) in [5.74, 6) is -0.802. The number of amides is 1. The first kappa shape index (κ1) is 19.3. The zero-order valence-electron chi connectivity index (χ0n) is 15.6. The van der Waals surface area contributed by atoms with E-state index in [9.17, 15) is 18.0 Å². The number of rotatable bonds is 3. The Labute approximate surface area is 166 Å². The van der Waals surface area contributed by atoms with Gasteiger partial charge >= 0.3 is 13.1 Å². The van der Waals surface area contributed by atoms with E-state index >= 15 is 0 Å². The third kappa shape index (κ3) is 3.91. The zero-order chi connectivity index (χ0) is 20.6. The number of hydrogen-bond acceptors (Lipinski definition) is 2. The van der Waals surface area contributed by atoms with Gasteiger partial charge in [0.15, 0.2) is 0 Å². The largest absolute Gasteiger partial charge is 0.423 e. The van der Waals surface area contributed by atoms with Gasteiger partial charge in [0.25, 0.3) is 5.91 Å². The Balaban J connectivity index is 1.61. The lowest BCUT2D eigenvalue weighted by Crippen LogP contribution is -2.41. The van der Waals surface area contributed by atoms with Crippen LogP contribution in [0.3, 0.4) is 0 Å². The Hall–Kier alpha value is -3.06. The van der Waals surface area contributed by atoms with Crippen LogP contribution in [0.4, 0.5) is 18.9 Å². The van der Waals surface area contributed by atoms with Gasteiger partial charge in [0.2, 0.25) is 0 Å². The van der Waals surface area contributed by atoms with Gasteiger partial charge in [0.05, 0.1) is 17.7 Å². The molecule has 7 heteroatoms. The molecule has 1 amide bonds. The fraction of sp³-hybridized carbons (Fsp3) is 0.136. The van der Waals surface area contributed by atoms with Gasteiger partial charge in [-0.25, -0.2) is 0 Å². The lowest BCUT2D eigenvalue weighted by Gasteiger charge is -2.13. The lowest BCUT2D eigenvalue weighted by molar-refractivity contribution is -0.137. The number of benzene rings is 3. The molecule has 0 unspecified atom stereocenters. The molecular weight excluding hydrogens is 378 g/mol. The summed E-state index contributed by atoms with van der Waals surface area (Å²) < 4.78 is 45.5. The smallest absolute Gasteiger partial charge is 0.417 e. The van der Waals surface area contributed by atoms with Crippen molar-refractivity contribution in [2.75, 3.05) is 5.32 Å². The van der Waals surface area contributed by atoms with Gasteiger partial charge in [-0.05, 0) is 47.7 Å². The molecule has 0 bridgehead atoms. The Morgan fingerprint density at radius 1 is 1.03 bits per heavy atom. The molecule has 1 aliphatic rings. The molecule has 0 fully saturated rings. The van der Waals surface area contributed by atoms with E-state index in [2.05, 4.69) is 5.32 Å². The van der Waals surface area contributed by atoms with E-state index in [1.54, 1.807) is 12.1 Å². The van der Waals surface area contributed by atoms with Crippen LogP contribution in [0.25, 0.3) is 0 Å². The van der Waals surface area contributed by atoms with E-state index in [0.29, 0.717) is 12.3 Å². The van der Waals surface area contributed by atoms with Gasteiger partial charge in [-0.1, -0.05) is 48.0 Å². The van der Waals surface area contributed by atoms with Crippen molar-refractivity contribution in [3.8, 4) is 0 Å². The molecule has 1 N–H and O–H groups in total. The van der Waals surface area contributed by atoms with Crippen LogP contribution in [-0.4, -0.2) is 12.8 Å². The second-order valence-corrected chi connectivity index (χ2v) is 7.01. The standard InChI is InChI=1S/C22H17BF3NO2/c1-14-6-9-16(10-7-14)23-20-12-17(11-8-15(20)13-29-23)27-21(28)18-4-2-3-5-19(18)22(24,25)26/h2-12H,13H2,1H3,(H,27,28). The van der Waals surface area contributed by atoms with Crippen molar-refractivity contribution in [1.29, 1.82) is 0 Å². The summed E-state index contributed by atoms with van der Waals surface area (Å²) in [6.45, 7) is 2.17. The molecule has 0 spiro atoms. The van der Waals surface area contributed by atoms with E-state index in [1.165, 1.54) is 18.2 Å². The van der Waals surface area contributed by atoms with Gasteiger partial charge < -0.3 is 9.97 Å². The van der Waals surface area contributed by atoms with Gasteiger partial charge in [-0.3, -0.25) is 4.79 Å². The van der Waals surface area contributed by atoms with E-state index in [1.807, 2.05) is 37.3 Å². The predicted molar refractivity (Wildman–Crippen MR) is 107 cm³/mol. The summed E-state index contributed by atoms with van der Waals surface area (Å²) >= 11 is 0. The molecule has 0 saturated carbocycles. The Bertz CT molecular complexity index is 1060. The van der Waals surface area contributed by atoms with Crippen molar-refractivity contribution in [1.82, 2.24) is 0 Å². The Morgan fingerprint density at radius 3 is 2.48 bits per heavy atom. The van der Waals surface area contributed by atoms with Crippen molar-refractivity contribution in [2.24, 2.45) is 0 Å². The fourth-order valence-corrected chi connectivity index (χ4v) is 3.45. The SMILES string of the molecule is Cc1ccc(B2OCc3ccc(NC(=O)c4ccccc4C(F)(F)F)cc32)cc1. The summed E-state index contributed by atoms with van der Waals surface area (Å²) in [4.78, 5) is 12.5. The molecule has 1 heterocycles. The molecule has 1 aliphatic heterocycles. The number of halogens is 3. The maximum atomic E-state index is 13.2. The predicted octanol–water partition coefficient (Wildman–Crippen LogP) is 3.90. The highest BCUT2D eigenvalue weighted by atomic mass is 19.4. The summed E-state index contributed by atoms with van der Waals surface area (Å²) in [7, 11) is 0. The van der Waals surface area contributed by atoms with E-state index in [-0.39, 0.29) is 6.92 Å². The maximum Gasteiger partial charge on any atom is 0.417 e. The summed E-state index contributed by atoms with van der Waals surface area (Å²) in [6, 6.07) is 18.0. The van der Waals surface area contributed by atoms with E-state index in [0.717, 1.165) is 28.1 Å². The number of anilines is 1. The number of carbonyl (C=O) groups is 1. The average Bonchev–Trinajstić information content (AvgIpc) is 3.11. The molecule has 0 aliphatic carbocycles. The van der Waals surface area contributed by atoms with Crippen LogP contribution in [0, 0.1) is 6.92 Å². The average molecular weight is 395 g/mol. The number of fused-ring (bicyclic) bond motifs is 1. The number of aryl methyl sites for hydroxylation is 1. The Kier molecular flexibility index (Phi) is 4.92. The Morgan fingerprint density at radius 2 is 1.76 bits per heavy atom. The van der Waals surface area contributed by atoms with Crippen molar-refractivity contribution in [3.05, 3.63) is 89.0 Å². The van der Waals surface area contributed by atoms with E-state index < -0.39 is 23.2 Å². The topological polar surface area (TPSA) is 38.3 Å². The summed E-state index contributed by atoms with van der Waals surface area (Å²) in [5.41, 5.74) is 3.07. The van der Waals surface area contributed by atoms with Crippen LogP contribution in [0.2, 0.25) is 0 Å². The highest BCUT2D eigenvalue weighted by Crippen LogP contribution is 2.32. The number of nitrogens with one attached hydrogen (secondary N) is 1. The van der Waals surface area contributed by atoms with E-state index in [4.69, 9.17) is 4.65 Å². The number of carbonyl (C=O) groups excluding carboxylic acids is 1. The minimum atomic E-state index is -4.60. The molecule has 3 aromatic carbocycles. The van der Waals surface area contributed by atoms with Gasteiger partial charge in [-0.15, -0.1) is 0 Å². The van der Waals surface area contributed by atoms with Crippen LogP contribution in [-0.2, 0) is 17.4 Å². The van der Waals surface area contributed by atoms with Crippen LogP contribution in [0.1, 0.15) is 27.0 Å². The first-order chi connectivity index (χ1) is 13.8. The van der Waals surface area contributed by atoms with Crippen LogP contribution in [0.5, 0.6) is 0 Å². The molecule has 0 saturated heterocycles. The third-order valence-corrected chi connectivity index (χ3v) is 4.95. The van der Waals surface area contributed by atoms with Gasteiger partial charge in [-0.2, -0.15) is 13.2 Å². The zero-order valence-corrected chi connectivity index (χ0v) is 15.6. The molecule has 0 aromatic heterocycles. The molecule has 0 radical (unpaired) electrons. The monoisotopic (exact) mass is 395 g/mol. The molecule has 29 heavy (non-hydrogen) atoms. The van der Waals surface area contributed by atoms with Gasteiger partial charge in [0, 0.05) is 5.69 Å². The number of alkyl halides is 3. The molecule has 3 aromatic rings. The summed E-state index contributed by atoms with van der Waals surface area (Å²) in [5, 5.41) is 2.59. The first-order valence-corrected chi connectivity index (χ1v) is 9.11. The second-order valence-electron chi connectivity index (χ2n) is 7.01. The highest BCUT2D eigenvalue weighted by molar-refractivity contribution is 6.81. The third-order valence-electron chi connectivity index (χ3n) is 4.95. The first-order valence-electron chi connectivity index (χ1n) is 9.11.